The minimum absolute atomic E-state index is 0.514. The van der Waals surface area contributed by atoms with Gasteiger partial charge in [-0.1, -0.05) is 23.7 Å². The number of pyridine rings is 1. The van der Waals surface area contributed by atoms with E-state index in [2.05, 4.69) is 27.0 Å². The number of aryl methyl sites for hydroxylation is 1. The first-order valence-electron chi connectivity index (χ1n) is 8.21. The molecule has 0 fully saturated rings. The number of hydrogen-bond acceptors (Lipinski definition) is 2. The summed E-state index contributed by atoms with van der Waals surface area (Å²) in [7, 11) is 0. The van der Waals surface area contributed by atoms with Crippen LogP contribution in [-0.2, 0) is 6.61 Å². The molecular formula is C21H16BrClN2O. The number of rotatable bonds is 4. The molecule has 2 aromatic carbocycles. The van der Waals surface area contributed by atoms with Crippen LogP contribution in [0.4, 0.5) is 0 Å². The van der Waals surface area contributed by atoms with Gasteiger partial charge in [0, 0.05) is 27.5 Å². The van der Waals surface area contributed by atoms with Crippen molar-refractivity contribution >= 4 is 33.2 Å². The van der Waals surface area contributed by atoms with Crippen LogP contribution in [0.1, 0.15) is 11.1 Å². The Hall–Kier alpha value is -2.30. The molecule has 0 amide bonds. The number of aromatic nitrogens is 2. The van der Waals surface area contributed by atoms with Gasteiger partial charge in [0.15, 0.2) is 0 Å². The fourth-order valence-electron chi connectivity index (χ4n) is 2.82. The number of ether oxygens (including phenoxy) is 1. The van der Waals surface area contributed by atoms with Gasteiger partial charge in [-0.15, -0.1) is 0 Å². The highest BCUT2D eigenvalue weighted by molar-refractivity contribution is 9.10. The third-order valence-corrected chi connectivity index (χ3v) is 4.91. The van der Waals surface area contributed by atoms with Gasteiger partial charge >= 0.3 is 0 Å². The number of nitrogens with zero attached hydrogens (tertiary/aromatic N) is 2. The predicted molar refractivity (Wildman–Crippen MR) is 109 cm³/mol. The van der Waals surface area contributed by atoms with E-state index in [1.54, 1.807) is 0 Å². The summed E-state index contributed by atoms with van der Waals surface area (Å²) in [6.45, 7) is 2.56. The highest BCUT2D eigenvalue weighted by atomic mass is 79.9. The SMILES string of the molecule is Cc1cc(-c2cn3cc(Br)ccc3n2)ccc1OCc1ccc(Cl)cc1. The molecule has 0 aliphatic carbocycles. The molecule has 0 saturated carbocycles. The smallest absolute Gasteiger partial charge is 0.137 e. The van der Waals surface area contributed by atoms with E-state index >= 15 is 0 Å². The molecule has 0 N–H and O–H groups in total. The molecule has 3 nitrogen and oxygen atoms in total. The Morgan fingerprint density at radius 3 is 2.62 bits per heavy atom. The fraction of sp³-hybridized carbons (Fsp3) is 0.0952. The van der Waals surface area contributed by atoms with Crippen LogP contribution >= 0.6 is 27.5 Å². The summed E-state index contributed by atoms with van der Waals surface area (Å²) in [5, 5.41) is 0.730. The zero-order chi connectivity index (χ0) is 18.1. The number of halogens is 2. The van der Waals surface area contributed by atoms with Crippen LogP contribution in [0.5, 0.6) is 5.75 Å². The third-order valence-electron chi connectivity index (χ3n) is 4.19. The van der Waals surface area contributed by atoms with Gasteiger partial charge < -0.3 is 9.14 Å². The molecule has 0 atom stereocenters. The lowest BCUT2D eigenvalue weighted by atomic mass is 10.1. The van der Waals surface area contributed by atoms with Gasteiger partial charge in [0.2, 0.25) is 0 Å². The van der Waals surface area contributed by atoms with Gasteiger partial charge in [0.05, 0.1) is 5.69 Å². The van der Waals surface area contributed by atoms with Gasteiger partial charge in [0.1, 0.15) is 18.0 Å². The van der Waals surface area contributed by atoms with Crippen LogP contribution in [0, 0.1) is 6.92 Å². The van der Waals surface area contributed by atoms with Crippen molar-refractivity contribution < 1.29 is 4.74 Å². The molecule has 0 spiro atoms. The van der Waals surface area contributed by atoms with Crippen LogP contribution < -0.4 is 4.74 Å². The van der Waals surface area contributed by atoms with E-state index in [1.165, 1.54) is 0 Å². The summed E-state index contributed by atoms with van der Waals surface area (Å²) in [5.74, 6) is 0.871. The standard InChI is InChI=1S/C21H16BrClN2O/c1-14-10-16(19-12-25-11-17(22)5-9-21(25)24-19)4-8-20(14)26-13-15-2-6-18(23)7-3-15/h2-12H,13H2,1H3. The largest absolute Gasteiger partial charge is 0.489 e. The van der Waals surface area contributed by atoms with Crippen molar-refractivity contribution in [2.24, 2.45) is 0 Å². The molecule has 0 radical (unpaired) electrons. The molecule has 0 bridgehead atoms. The summed E-state index contributed by atoms with van der Waals surface area (Å²) in [6, 6.07) is 17.8. The quantitative estimate of drug-likeness (QED) is 0.382. The molecule has 0 saturated heterocycles. The minimum atomic E-state index is 0.514. The van der Waals surface area contributed by atoms with E-state index in [1.807, 2.05) is 72.2 Å². The van der Waals surface area contributed by atoms with Crippen molar-refractivity contribution in [3.63, 3.8) is 0 Å². The number of hydrogen-bond donors (Lipinski definition) is 0. The highest BCUT2D eigenvalue weighted by Crippen LogP contribution is 2.27. The minimum Gasteiger partial charge on any atom is -0.489 e. The Morgan fingerprint density at radius 2 is 1.85 bits per heavy atom. The molecule has 2 aromatic heterocycles. The first-order chi connectivity index (χ1) is 12.6. The topological polar surface area (TPSA) is 26.5 Å². The van der Waals surface area contributed by atoms with Gasteiger partial charge in [-0.2, -0.15) is 0 Å². The van der Waals surface area contributed by atoms with Crippen molar-refractivity contribution in [3.8, 4) is 17.0 Å². The molecule has 4 rings (SSSR count). The van der Waals surface area contributed by atoms with Crippen molar-refractivity contribution in [3.05, 3.63) is 87.6 Å². The summed E-state index contributed by atoms with van der Waals surface area (Å²) in [6.07, 6.45) is 4.03. The lowest BCUT2D eigenvalue weighted by Crippen LogP contribution is -1.97. The molecule has 26 heavy (non-hydrogen) atoms. The van der Waals surface area contributed by atoms with Crippen LogP contribution in [0.2, 0.25) is 5.02 Å². The fourth-order valence-corrected chi connectivity index (χ4v) is 3.29. The first kappa shape index (κ1) is 17.1. The number of fused-ring (bicyclic) bond motifs is 1. The van der Waals surface area contributed by atoms with E-state index in [-0.39, 0.29) is 0 Å². The lowest BCUT2D eigenvalue weighted by Gasteiger charge is -2.10. The molecule has 2 heterocycles. The van der Waals surface area contributed by atoms with E-state index in [0.29, 0.717) is 6.61 Å². The van der Waals surface area contributed by atoms with Gasteiger partial charge in [-0.25, -0.2) is 4.98 Å². The average Bonchev–Trinajstić information content (AvgIpc) is 3.05. The number of benzene rings is 2. The van der Waals surface area contributed by atoms with Crippen LogP contribution in [0.15, 0.2) is 71.5 Å². The normalized spacial score (nSPS) is 11.0. The third kappa shape index (κ3) is 3.62. The van der Waals surface area contributed by atoms with Crippen molar-refractivity contribution in [2.45, 2.75) is 13.5 Å². The van der Waals surface area contributed by atoms with Crippen molar-refractivity contribution in [2.75, 3.05) is 0 Å². The Labute approximate surface area is 165 Å². The summed E-state index contributed by atoms with van der Waals surface area (Å²) < 4.78 is 8.99. The predicted octanol–water partition coefficient (Wildman–Crippen LogP) is 6.30. The van der Waals surface area contributed by atoms with Crippen molar-refractivity contribution in [1.82, 2.24) is 9.38 Å². The van der Waals surface area contributed by atoms with E-state index in [4.69, 9.17) is 16.3 Å². The maximum atomic E-state index is 5.95. The van der Waals surface area contributed by atoms with Crippen LogP contribution in [0.25, 0.3) is 16.9 Å². The Balaban J connectivity index is 1.55. The monoisotopic (exact) mass is 426 g/mol. The second-order valence-corrected chi connectivity index (χ2v) is 7.49. The zero-order valence-corrected chi connectivity index (χ0v) is 16.5. The highest BCUT2D eigenvalue weighted by Gasteiger charge is 2.08. The molecule has 4 aromatic rings. The Bertz CT molecular complexity index is 1070. The molecule has 0 aliphatic rings. The van der Waals surface area contributed by atoms with E-state index in [0.717, 1.165) is 43.3 Å². The molecule has 5 heteroatoms. The first-order valence-corrected chi connectivity index (χ1v) is 9.38. The van der Waals surface area contributed by atoms with E-state index < -0.39 is 0 Å². The second-order valence-electron chi connectivity index (χ2n) is 6.13. The van der Waals surface area contributed by atoms with E-state index in [9.17, 15) is 0 Å². The van der Waals surface area contributed by atoms with Crippen LogP contribution in [-0.4, -0.2) is 9.38 Å². The maximum absolute atomic E-state index is 5.95. The van der Waals surface area contributed by atoms with Gasteiger partial charge in [-0.3, -0.25) is 0 Å². The van der Waals surface area contributed by atoms with Gasteiger partial charge in [-0.05, 0) is 76.4 Å². The molecule has 0 aliphatic heterocycles. The summed E-state index contributed by atoms with van der Waals surface area (Å²) >= 11 is 9.40. The van der Waals surface area contributed by atoms with Crippen LogP contribution in [0.3, 0.4) is 0 Å². The lowest BCUT2D eigenvalue weighted by molar-refractivity contribution is 0.304. The van der Waals surface area contributed by atoms with Gasteiger partial charge in [0.25, 0.3) is 0 Å². The number of imidazole rings is 1. The Kier molecular flexibility index (Phi) is 4.70. The second kappa shape index (κ2) is 7.14. The maximum Gasteiger partial charge on any atom is 0.137 e. The summed E-state index contributed by atoms with van der Waals surface area (Å²) in [4.78, 5) is 4.69. The van der Waals surface area contributed by atoms with Crippen molar-refractivity contribution in [1.29, 1.82) is 0 Å². The Morgan fingerprint density at radius 1 is 1.04 bits per heavy atom. The zero-order valence-electron chi connectivity index (χ0n) is 14.1. The summed E-state index contributed by atoms with van der Waals surface area (Å²) in [5.41, 5.74) is 5.10. The molecule has 0 unspecified atom stereocenters. The average molecular weight is 428 g/mol. The molecule has 130 valence electrons. The molecular weight excluding hydrogens is 412 g/mol.